The fraction of sp³-hybridized carbons (Fsp3) is 0.714. The molecule has 7 nitrogen and oxygen atoms in total. The van der Waals surface area contributed by atoms with Gasteiger partial charge in [0.25, 0.3) is 0 Å². The Morgan fingerprint density at radius 1 is 1.19 bits per heavy atom. The molecule has 21 heavy (non-hydrogen) atoms. The molecule has 0 aliphatic heterocycles. The van der Waals surface area contributed by atoms with E-state index < -0.39 is 4.92 Å². The lowest BCUT2D eigenvalue weighted by Gasteiger charge is -2.08. The Morgan fingerprint density at radius 3 is 2.48 bits per heavy atom. The molecule has 0 atom stereocenters. The van der Waals surface area contributed by atoms with Crippen molar-refractivity contribution in [2.45, 2.75) is 46.0 Å². The molecular formula is C14H25N5O2. The van der Waals surface area contributed by atoms with E-state index >= 15 is 0 Å². The lowest BCUT2D eigenvalue weighted by molar-refractivity contribution is -0.383. The molecule has 0 aromatic carbocycles. The minimum absolute atomic E-state index is 0.0974. The first-order valence-corrected chi connectivity index (χ1v) is 7.47. The van der Waals surface area contributed by atoms with Crippen molar-refractivity contribution in [3.63, 3.8) is 0 Å². The Morgan fingerprint density at radius 2 is 1.86 bits per heavy atom. The van der Waals surface area contributed by atoms with Crippen molar-refractivity contribution in [2.24, 2.45) is 5.92 Å². The zero-order valence-corrected chi connectivity index (χ0v) is 13.1. The van der Waals surface area contributed by atoms with Gasteiger partial charge in [-0.25, -0.2) is 9.97 Å². The molecule has 0 radical (unpaired) electrons. The number of hydrogen-bond donors (Lipinski definition) is 2. The second kappa shape index (κ2) is 9.10. The average Bonchev–Trinajstić information content (AvgIpc) is 2.45. The summed E-state index contributed by atoms with van der Waals surface area (Å²) < 4.78 is 0. The molecular weight excluding hydrogens is 270 g/mol. The number of unbranched alkanes of at least 4 members (excludes halogenated alkanes) is 3. The van der Waals surface area contributed by atoms with E-state index in [1.54, 1.807) is 7.05 Å². The van der Waals surface area contributed by atoms with Gasteiger partial charge in [-0.05, 0) is 12.3 Å². The van der Waals surface area contributed by atoms with Crippen LogP contribution in [-0.2, 0) is 0 Å². The molecule has 1 rings (SSSR count). The van der Waals surface area contributed by atoms with Crippen LogP contribution >= 0.6 is 0 Å². The smallest absolute Gasteiger partial charge is 0.353 e. The van der Waals surface area contributed by atoms with Gasteiger partial charge in [0.05, 0.1) is 4.92 Å². The number of hydrogen-bond acceptors (Lipinski definition) is 6. The van der Waals surface area contributed by atoms with E-state index in [0.29, 0.717) is 6.54 Å². The number of nitrogens with zero attached hydrogens (tertiary/aromatic N) is 3. The van der Waals surface area contributed by atoms with Gasteiger partial charge in [-0.3, -0.25) is 10.1 Å². The van der Waals surface area contributed by atoms with E-state index in [0.717, 1.165) is 18.8 Å². The van der Waals surface area contributed by atoms with Crippen molar-refractivity contribution in [1.29, 1.82) is 0 Å². The zero-order valence-electron chi connectivity index (χ0n) is 13.1. The predicted octanol–water partition coefficient (Wildman–Crippen LogP) is 3.44. The summed E-state index contributed by atoms with van der Waals surface area (Å²) in [5.41, 5.74) is -0.0974. The van der Waals surface area contributed by atoms with Crippen LogP contribution in [0.4, 0.5) is 17.3 Å². The van der Waals surface area contributed by atoms with E-state index in [1.165, 1.54) is 25.6 Å². The van der Waals surface area contributed by atoms with E-state index in [-0.39, 0.29) is 17.3 Å². The van der Waals surface area contributed by atoms with E-state index in [9.17, 15) is 10.1 Å². The molecule has 0 amide bonds. The fourth-order valence-corrected chi connectivity index (χ4v) is 2.10. The van der Waals surface area contributed by atoms with Crippen LogP contribution in [0.15, 0.2) is 6.33 Å². The van der Waals surface area contributed by atoms with Crippen LogP contribution in [0.5, 0.6) is 0 Å². The van der Waals surface area contributed by atoms with Crippen LogP contribution in [0.1, 0.15) is 46.0 Å². The Bertz CT molecular complexity index is 451. The molecule has 7 heteroatoms. The number of nitrogens with one attached hydrogen (secondary N) is 2. The topological polar surface area (TPSA) is 93.0 Å². The maximum Gasteiger partial charge on any atom is 0.353 e. The number of nitro groups is 1. The van der Waals surface area contributed by atoms with Gasteiger partial charge in [-0.2, -0.15) is 0 Å². The molecule has 1 heterocycles. The van der Waals surface area contributed by atoms with Crippen LogP contribution in [0.2, 0.25) is 0 Å². The third-order valence-corrected chi connectivity index (χ3v) is 3.24. The monoisotopic (exact) mass is 295 g/mol. The molecule has 2 N–H and O–H groups in total. The summed E-state index contributed by atoms with van der Waals surface area (Å²) in [6.07, 6.45) is 7.13. The normalized spacial score (nSPS) is 10.7. The van der Waals surface area contributed by atoms with Gasteiger partial charge in [0.1, 0.15) is 6.33 Å². The maximum atomic E-state index is 11.1. The van der Waals surface area contributed by atoms with Crippen LogP contribution in [-0.4, -0.2) is 28.5 Å². The van der Waals surface area contributed by atoms with Crippen molar-refractivity contribution in [1.82, 2.24) is 9.97 Å². The summed E-state index contributed by atoms with van der Waals surface area (Å²) in [5, 5.41) is 16.8. The van der Waals surface area contributed by atoms with Gasteiger partial charge in [0.2, 0.25) is 11.6 Å². The minimum Gasteiger partial charge on any atom is -0.367 e. The first kappa shape index (κ1) is 17.1. The summed E-state index contributed by atoms with van der Waals surface area (Å²) in [4.78, 5) is 18.4. The quantitative estimate of drug-likeness (QED) is 0.390. The highest BCUT2D eigenvalue weighted by Gasteiger charge is 2.21. The van der Waals surface area contributed by atoms with Gasteiger partial charge in [-0.1, -0.05) is 39.5 Å². The van der Waals surface area contributed by atoms with Gasteiger partial charge < -0.3 is 10.6 Å². The molecule has 118 valence electrons. The summed E-state index contributed by atoms with van der Waals surface area (Å²) in [5.74, 6) is 1.27. The zero-order chi connectivity index (χ0) is 15.7. The number of rotatable bonds is 10. The van der Waals surface area contributed by atoms with Crippen molar-refractivity contribution in [3.8, 4) is 0 Å². The van der Waals surface area contributed by atoms with Crippen molar-refractivity contribution in [2.75, 3.05) is 24.2 Å². The Balaban J connectivity index is 2.40. The molecule has 0 aliphatic carbocycles. The summed E-state index contributed by atoms with van der Waals surface area (Å²) >= 11 is 0. The summed E-state index contributed by atoms with van der Waals surface area (Å²) in [7, 11) is 1.60. The summed E-state index contributed by atoms with van der Waals surface area (Å²) in [6.45, 7) is 5.15. The summed E-state index contributed by atoms with van der Waals surface area (Å²) in [6, 6.07) is 0. The van der Waals surface area contributed by atoms with Crippen LogP contribution < -0.4 is 10.6 Å². The standard InChI is InChI=1S/C14H25N5O2/c1-11(2)8-6-4-5-7-9-16-14-12(19(20)21)13(15-3)17-10-18-14/h10-11H,4-9H2,1-3H3,(H2,15,16,17,18). The minimum atomic E-state index is -0.462. The second-order valence-corrected chi connectivity index (χ2v) is 5.45. The van der Waals surface area contributed by atoms with Gasteiger partial charge in [0.15, 0.2) is 0 Å². The number of anilines is 2. The Hall–Kier alpha value is -1.92. The predicted molar refractivity (Wildman–Crippen MR) is 84.6 cm³/mol. The maximum absolute atomic E-state index is 11.1. The van der Waals surface area contributed by atoms with Gasteiger partial charge in [-0.15, -0.1) is 0 Å². The number of aromatic nitrogens is 2. The highest BCUT2D eigenvalue weighted by Crippen LogP contribution is 2.28. The molecule has 0 spiro atoms. The Labute approximate surface area is 125 Å². The molecule has 0 bridgehead atoms. The molecule has 0 unspecified atom stereocenters. The average molecular weight is 295 g/mol. The van der Waals surface area contributed by atoms with Crippen LogP contribution in [0.3, 0.4) is 0 Å². The van der Waals surface area contributed by atoms with Crippen molar-refractivity contribution >= 4 is 17.3 Å². The van der Waals surface area contributed by atoms with Gasteiger partial charge >= 0.3 is 5.69 Å². The van der Waals surface area contributed by atoms with E-state index in [1.807, 2.05) is 0 Å². The molecule has 1 aromatic rings. The molecule has 0 aliphatic rings. The molecule has 0 fully saturated rings. The fourth-order valence-electron chi connectivity index (χ4n) is 2.10. The van der Waals surface area contributed by atoms with Crippen LogP contribution in [0.25, 0.3) is 0 Å². The first-order chi connectivity index (χ1) is 10.1. The van der Waals surface area contributed by atoms with E-state index in [4.69, 9.17) is 0 Å². The molecule has 0 saturated heterocycles. The third kappa shape index (κ3) is 5.93. The largest absolute Gasteiger partial charge is 0.367 e. The highest BCUT2D eigenvalue weighted by molar-refractivity contribution is 5.68. The third-order valence-electron chi connectivity index (χ3n) is 3.24. The van der Waals surface area contributed by atoms with Crippen molar-refractivity contribution < 1.29 is 4.92 Å². The lowest BCUT2D eigenvalue weighted by atomic mass is 10.0. The second-order valence-electron chi connectivity index (χ2n) is 5.45. The van der Waals surface area contributed by atoms with Crippen LogP contribution in [0, 0.1) is 16.0 Å². The van der Waals surface area contributed by atoms with E-state index in [2.05, 4.69) is 34.4 Å². The SMILES string of the molecule is CNc1ncnc(NCCCCCCC(C)C)c1[N+](=O)[O-]. The lowest BCUT2D eigenvalue weighted by Crippen LogP contribution is -2.09. The van der Waals surface area contributed by atoms with Crippen molar-refractivity contribution in [3.05, 3.63) is 16.4 Å². The first-order valence-electron chi connectivity index (χ1n) is 7.47. The van der Waals surface area contributed by atoms with Gasteiger partial charge in [0, 0.05) is 13.6 Å². The molecule has 0 saturated carbocycles. The molecule has 1 aromatic heterocycles. The highest BCUT2D eigenvalue weighted by atomic mass is 16.6. The Kier molecular flexibility index (Phi) is 7.42.